The highest BCUT2D eigenvalue weighted by Gasteiger charge is 2.23. The van der Waals surface area contributed by atoms with E-state index < -0.39 is 0 Å². The minimum absolute atomic E-state index is 0.862. The predicted octanol–water partition coefficient (Wildman–Crippen LogP) is 3.51. The molecule has 1 fully saturated rings. The fourth-order valence-corrected chi connectivity index (χ4v) is 2.63. The molecule has 0 radical (unpaired) electrons. The summed E-state index contributed by atoms with van der Waals surface area (Å²) in [5.74, 6) is 0.862. The van der Waals surface area contributed by atoms with Gasteiger partial charge in [-0.2, -0.15) is 0 Å². The average molecular weight is 249 g/mol. The SMILES string of the molecule is c1cc(-c2cn(CC3CC3)c3cnccc23)ccn1. The van der Waals surface area contributed by atoms with Crippen LogP contribution in [0, 0.1) is 5.92 Å². The maximum Gasteiger partial charge on any atom is 0.0673 e. The highest BCUT2D eigenvalue weighted by molar-refractivity contribution is 5.95. The molecule has 0 bridgehead atoms. The van der Waals surface area contributed by atoms with Crippen molar-refractivity contribution in [2.24, 2.45) is 5.92 Å². The molecule has 3 heterocycles. The molecule has 3 heteroatoms. The van der Waals surface area contributed by atoms with Crippen molar-refractivity contribution in [1.82, 2.24) is 14.5 Å². The van der Waals surface area contributed by atoms with E-state index in [1.54, 1.807) is 0 Å². The van der Waals surface area contributed by atoms with Crippen LogP contribution in [0.3, 0.4) is 0 Å². The van der Waals surface area contributed by atoms with E-state index in [1.165, 1.54) is 34.9 Å². The summed E-state index contributed by atoms with van der Waals surface area (Å²) in [6, 6.07) is 6.24. The van der Waals surface area contributed by atoms with E-state index in [4.69, 9.17) is 0 Å². The van der Waals surface area contributed by atoms with Crippen LogP contribution in [0.1, 0.15) is 12.8 Å². The monoisotopic (exact) mass is 249 g/mol. The molecule has 3 aromatic heterocycles. The van der Waals surface area contributed by atoms with Gasteiger partial charge in [-0.1, -0.05) is 0 Å². The number of nitrogens with zero attached hydrogens (tertiary/aromatic N) is 3. The summed E-state index contributed by atoms with van der Waals surface area (Å²) in [7, 11) is 0. The van der Waals surface area contributed by atoms with Gasteiger partial charge in [-0.3, -0.25) is 9.97 Å². The van der Waals surface area contributed by atoms with Crippen molar-refractivity contribution in [2.45, 2.75) is 19.4 Å². The van der Waals surface area contributed by atoms with E-state index in [2.05, 4.69) is 38.9 Å². The lowest BCUT2D eigenvalue weighted by molar-refractivity contribution is 0.647. The number of hydrogen-bond donors (Lipinski definition) is 0. The Morgan fingerprint density at radius 3 is 2.63 bits per heavy atom. The molecule has 1 aliphatic carbocycles. The van der Waals surface area contributed by atoms with Gasteiger partial charge in [-0.25, -0.2) is 0 Å². The molecular weight excluding hydrogens is 234 g/mol. The zero-order valence-electron chi connectivity index (χ0n) is 10.7. The van der Waals surface area contributed by atoms with Crippen LogP contribution in [0.25, 0.3) is 22.0 Å². The normalized spacial score (nSPS) is 14.9. The summed E-state index contributed by atoms with van der Waals surface area (Å²) in [6.45, 7) is 1.12. The number of rotatable bonds is 3. The van der Waals surface area contributed by atoms with Gasteiger partial charge in [0.2, 0.25) is 0 Å². The van der Waals surface area contributed by atoms with Crippen LogP contribution in [-0.2, 0) is 6.54 Å². The van der Waals surface area contributed by atoms with Crippen LogP contribution in [-0.4, -0.2) is 14.5 Å². The molecule has 19 heavy (non-hydrogen) atoms. The van der Waals surface area contributed by atoms with Gasteiger partial charge in [0.25, 0.3) is 0 Å². The van der Waals surface area contributed by atoms with Crippen molar-refractivity contribution in [3.05, 3.63) is 49.2 Å². The van der Waals surface area contributed by atoms with Crippen LogP contribution in [0.5, 0.6) is 0 Å². The second-order valence-electron chi connectivity index (χ2n) is 5.27. The van der Waals surface area contributed by atoms with Crippen LogP contribution >= 0.6 is 0 Å². The van der Waals surface area contributed by atoms with Crippen molar-refractivity contribution in [2.75, 3.05) is 0 Å². The molecule has 3 nitrogen and oxygen atoms in total. The van der Waals surface area contributed by atoms with Gasteiger partial charge in [0.15, 0.2) is 0 Å². The Balaban J connectivity index is 1.90. The topological polar surface area (TPSA) is 30.7 Å². The maximum absolute atomic E-state index is 4.28. The fourth-order valence-electron chi connectivity index (χ4n) is 2.63. The first kappa shape index (κ1) is 10.7. The molecule has 0 atom stereocenters. The van der Waals surface area contributed by atoms with Gasteiger partial charge in [-0.05, 0) is 42.5 Å². The van der Waals surface area contributed by atoms with Gasteiger partial charge in [0.1, 0.15) is 0 Å². The summed E-state index contributed by atoms with van der Waals surface area (Å²) in [5.41, 5.74) is 3.74. The zero-order valence-corrected chi connectivity index (χ0v) is 10.7. The first-order valence-corrected chi connectivity index (χ1v) is 6.75. The van der Waals surface area contributed by atoms with E-state index in [0.717, 1.165) is 12.5 Å². The third kappa shape index (κ3) is 1.91. The van der Waals surface area contributed by atoms with Crippen molar-refractivity contribution < 1.29 is 0 Å². The fraction of sp³-hybridized carbons (Fsp3) is 0.250. The summed E-state index contributed by atoms with van der Waals surface area (Å²) < 4.78 is 2.36. The summed E-state index contributed by atoms with van der Waals surface area (Å²) in [5, 5.41) is 1.28. The van der Waals surface area contributed by atoms with Crippen molar-refractivity contribution in [1.29, 1.82) is 0 Å². The van der Waals surface area contributed by atoms with Crippen molar-refractivity contribution in [3.8, 4) is 11.1 Å². The third-order valence-electron chi connectivity index (χ3n) is 3.83. The Morgan fingerprint density at radius 2 is 1.84 bits per heavy atom. The number of hydrogen-bond acceptors (Lipinski definition) is 2. The lowest BCUT2D eigenvalue weighted by atomic mass is 10.1. The molecule has 0 amide bonds. The largest absolute Gasteiger partial charge is 0.345 e. The molecule has 0 aromatic carbocycles. The maximum atomic E-state index is 4.28. The van der Waals surface area contributed by atoms with E-state index in [1.807, 2.05) is 24.8 Å². The Labute approximate surface area is 111 Å². The molecule has 1 saturated carbocycles. The third-order valence-corrected chi connectivity index (χ3v) is 3.83. The Hall–Kier alpha value is -2.16. The molecule has 3 aromatic rings. The van der Waals surface area contributed by atoms with Crippen molar-refractivity contribution >= 4 is 10.9 Å². The summed E-state index contributed by atoms with van der Waals surface area (Å²) in [4.78, 5) is 8.37. The lowest BCUT2D eigenvalue weighted by Crippen LogP contribution is -1.97. The second-order valence-corrected chi connectivity index (χ2v) is 5.27. The van der Waals surface area contributed by atoms with Gasteiger partial charge >= 0.3 is 0 Å². The van der Waals surface area contributed by atoms with Crippen LogP contribution < -0.4 is 0 Å². The number of aromatic nitrogens is 3. The van der Waals surface area contributed by atoms with E-state index in [-0.39, 0.29) is 0 Å². The number of fused-ring (bicyclic) bond motifs is 1. The van der Waals surface area contributed by atoms with Gasteiger partial charge in [-0.15, -0.1) is 0 Å². The first-order chi connectivity index (χ1) is 9.42. The smallest absolute Gasteiger partial charge is 0.0673 e. The molecule has 0 N–H and O–H groups in total. The predicted molar refractivity (Wildman–Crippen MR) is 75.7 cm³/mol. The molecule has 0 aliphatic heterocycles. The van der Waals surface area contributed by atoms with Crippen LogP contribution in [0.4, 0.5) is 0 Å². The lowest BCUT2D eigenvalue weighted by Gasteiger charge is -2.01. The molecule has 94 valence electrons. The quantitative estimate of drug-likeness (QED) is 0.711. The second kappa shape index (κ2) is 4.19. The van der Waals surface area contributed by atoms with E-state index in [0.29, 0.717) is 0 Å². The summed E-state index contributed by atoms with van der Waals surface area (Å²) >= 11 is 0. The Kier molecular flexibility index (Phi) is 2.37. The van der Waals surface area contributed by atoms with Crippen LogP contribution in [0.2, 0.25) is 0 Å². The van der Waals surface area contributed by atoms with E-state index >= 15 is 0 Å². The Morgan fingerprint density at radius 1 is 1.05 bits per heavy atom. The molecule has 1 aliphatic rings. The minimum Gasteiger partial charge on any atom is -0.345 e. The van der Waals surface area contributed by atoms with Gasteiger partial charge < -0.3 is 4.57 Å². The molecule has 0 saturated heterocycles. The molecule has 0 spiro atoms. The van der Waals surface area contributed by atoms with E-state index in [9.17, 15) is 0 Å². The number of pyridine rings is 2. The first-order valence-electron chi connectivity index (χ1n) is 6.75. The van der Waals surface area contributed by atoms with Crippen molar-refractivity contribution in [3.63, 3.8) is 0 Å². The van der Waals surface area contributed by atoms with Crippen LogP contribution in [0.15, 0.2) is 49.2 Å². The highest BCUT2D eigenvalue weighted by Crippen LogP contribution is 2.35. The average Bonchev–Trinajstić information content (AvgIpc) is 3.21. The molecule has 0 unspecified atom stereocenters. The molecular formula is C16H15N3. The Bertz CT molecular complexity index is 711. The highest BCUT2D eigenvalue weighted by atomic mass is 15.0. The van der Waals surface area contributed by atoms with Gasteiger partial charge in [0.05, 0.1) is 11.7 Å². The minimum atomic E-state index is 0.862. The zero-order chi connectivity index (χ0) is 12.7. The molecule has 4 rings (SSSR count). The summed E-state index contributed by atoms with van der Waals surface area (Å²) in [6.07, 6.45) is 12.5. The standard InChI is InChI=1S/C16H15N3/c1-2-12(1)10-19-11-15(13-3-6-17-7-4-13)14-5-8-18-9-16(14)19/h3-9,11-12H,1-2,10H2. The van der Waals surface area contributed by atoms with Gasteiger partial charge in [0, 0.05) is 42.3 Å².